The monoisotopic (exact) mass is 433 g/mol. The highest BCUT2D eigenvalue weighted by atomic mass is 32.2. The van der Waals surface area contributed by atoms with Gasteiger partial charge in [0.05, 0.1) is 18.0 Å². The molecule has 3 aromatic rings. The molecule has 31 heavy (non-hydrogen) atoms. The van der Waals surface area contributed by atoms with Crippen LogP contribution in [0.4, 0.5) is 4.39 Å². The fourth-order valence-corrected chi connectivity index (χ4v) is 4.72. The van der Waals surface area contributed by atoms with Crippen LogP contribution in [0.5, 0.6) is 0 Å². The predicted molar refractivity (Wildman–Crippen MR) is 127 cm³/mol. The van der Waals surface area contributed by atoms with Gasteiger partial charge in [-0.25, -0.2) is 4.39 Å². The number of carbonyl (C=O) groups excluding carboxylic acids is 1. The summed E-state index contributed by atoms with van der Waals surface area (Å²) in [7, 11) is 0. The van der Waals surface area contributed by atoms with Gasteiger partial charge in [0.2, 0.25) is 5.91 Å². The van der Waals surface area contributed by atoms with Gasteiger partial charge < -0.3 is 0 Å². The highest BCUT2D eigenvalue weighted by Gasteiger charge is 2.37. The molecule has 1 aliphatic heterocycles. The molecular formula is C25H24FN3OS. The molecule has 1 fully saturated rings. The zero-order valence-electron chi connectivity index (χ0n) is 17.4. The third-order valence-corrected chi connectivity index (χ3v) is 6.49. The fraction of sp³-hybridized carbons (Fsp3) is 0.240. The summed E-state index contributed by atoms with van der Waals surface area (Å²) in [6, 6.07) is 20.4. The Morgan fingerprint density at radius 3 is 2.65 bits per heavy atom. The maximum absolute atomic E-state index is 13.3. The van der Waals surface area contributed by atoms with Crippen molar-refractivity contribution in [1.82, 2.24) is 4.90 Å². The Balaban J connectivity index is 1.59. The molecule has 4 nitrogen and oxygen atoms in total. The van der Waals surface area contributed by atoms with Crippen LogP contribution >= 0.6 is 11.8 Å². The number of rotatable bonds is 7. The molecule has 1 amide bonds. The number of hydrogen-bond donors (Lipinski definition) is 0. The second-order valence-corrected chi connectivity index (χ2v) is 8.66. The molecule has 158 valence electrons. The minimum absolute atomic E-state index is 0.0434. The predicted octanol–water partition coefficient (Wildman–Crippen LogP) is 6.00. The summed E-state index contributed by atoms with van der Waals surface area (Å²) in [5, 5.41) is 11.4. The molecule has 0 spiro atoms. The zero-order chi connectivity index (χ0) is 21.6. The number of fused-ring (bicyclic) bond motifs is 1. The van der Waals surface area contributed by atoms with Crippen LogP contribution < -0.4 is 0 Å². The van der Waals surface area contributed by atoms with E-state index in [0.717, 1.165) is 41.2 Å². The number of benzene rings is 3. The van der Waals surface area contributed by atoms with Gasteiger partial charge in [0.1, 0.15) is 5.82 Å². The molecule has 0 bridgehead atoms. The van der Waals surface area contributed by atoms with Gasteiger partial charge in [-0.2, -0.15) is 5.10 Å². The summed E-state index contributed by atoms with van der Waals surface area (Å²) in [6.45, 7) is 2.47. The number of carbonyl (C=O) groups is 1. The molecule has 0 saturated carbocycles. The van der Waals surface area contributed by atoms with Crippen LogP contribution in [0.15, 0.2) is 76.9 Å². The number of nitrogens with zero attached hydrogens (tertiary/aromatic N) is 3. The van der Waals surface area contributed by atoms with Crippen molar-refractivity contribution in [2.75, 3.05) is 0 Å². The quantitative estimate of drug-likeness (QED) is 0.339. The lowest BCUT2D eigenvalue weighted by molar-refractivity contribution is -0.126. The Labute approximate surface area is 185 Å². The SMILES string of the molecule is CCCC[C@@H]1S/C(=N/N=C\c2cccc3ccccc23)N(Cc2ccc(F)cc2)C1=O. The van der Waals surface area contributed by atoms with Crippen LogP contribution in [0.25, 0.3) is 10.8 Å². The van der Waals surface area contributed by atoms with Crippen molar-refractivity contribution in [3.63, 3.8) is 0 Å². The van der Waals surface area contributed by atoms with Crippen molar-refractivity contribution in [1.29, 1.82) is 0 Å². The maximum atomic E-state index is 13.3. The molecule has 4 rings (SSSR count). The fourth-order valence-electron chi connectivity index (χ4n) is 3.58. The number of halogens is 1. The van der Waals surface area contributed by atoms with Gasteiger partial charge in [-0.3, -0.25) is 9.69 Å². The second-order valence-electron chi connectivity index (χ2n) is 7.50. The van der Waals surface area contributed by atoms with Gasteiger partial charge in [0, 0.05) is 5.56 Å². The summed E-state index contributed by atoms with van der Waals surface area (Å²) in [4.78, 5) is 14.7. The van der Waals surface area contributed by atoms with Crippen LogP contribution in [0.3, 0.4) is 0 Å². The number of unbranched alkanes of at least 4 members (excludes halogenated alkanes) is 1. The lowest BCUT2D eigenvalue weighted by atomic mass is 10.1. The zero-order valence-corrected chi connectivity index (χ0v) is 18.2. The van der Waals surface area contributed by atoms with Gasteiger partial charge in [0.15, 0.2) is 5.17 Å². The molecule has 0 aromatic heterocycles. The van der Waals surface area contributed by atoms with E-state index in [9.17, 15) is 9.18 Å². The van der Waals surface area contributed by atoms with Crippen molar-refractivity contribution < 1.29 is 9.18 Å². The van der Waals surface area contributed by atoms with E-state index in [4.69, 9.17) is 0 Å². The summed E-state index contributed by atoms with van der Waals surface area (Å²) in [5.74, 6) is -0.248. The Kier molecular flexibility index (Phi) is 6.77. The average molecular weight is 434 g/mol. The number of hydrogen-bond acceptors (Lipinski definition) is 4. The maximum Gasteiger partial charge on any atom is 0.242 e. The highest BCUT2D eigenvalue weighted by Crippen LogP contribution is 2.32. The number of amidine groups is 1. The molecule has 1 saturated heterocycles. The first-order chi connectivity index (χ1) is 15.2. The first kappa shape index (κ1) is 21.2. The van der Waals surface area contributed by atoms with Gasteiger partial charge in [-0.15, -0.1) is 5.10 Å². The van der Waals surface area contributed by atoms with Gasteiger partial charge in [-0.1, -0.05) is 86.1 Å². The topological polar surface area (TPSA) is 45.0 Å². The molecule has 0 radical (unpaired) electrons. The first-order valence-corrected chi connectivity index (χ1v) is 11.3. The van der Waals surface area contributed by atoms with Crippen molar-refractivity contribution in [2.24, 2.45) is 10.2 Å². The van der Waals surface area contributed by atoms with Crippen molar-refractivity contribution >= 4 is 39.8 Å². The van der Waals surface area contributed by atoms with E-state index < -0.39 is 0 Å². The average Bonchev–Trinajstić information content (AvgIpc) is 3.08. The van der Waals surface area contributed by atoms with E-state index in [1.807, 2.05) is 24.3 Å². The number of amides is 1. The molecule has 1 atom stereocenters. The van der Waals surface area contributed by atoms with Crippen LogP contribution in [0.2, 0.25) is 0 Å². The second kappa shape index (κ2) is 9.88. The van der Waals surface area contributed by atoms with E-state index >= 15 is 0 Å². The minimum Gasteiger partial charge on any atom is -0.284 e. The largest absolute Gasteiger partial charge is 0.284 e. The van der Waals surface area contributed by atoms with Crippen LogP contribution in [0, 0.1) is 5.82 Å². The van der Waals surface area contributed by atoms with Crippen molar-refractivity contribution in [3.05, 3.63) is 83.7 Å². The standard InChI is InChI=1S/C25H24FN3OS/c1-2-3-11-23-24(30)29(17-18-12-14-21(26)15-13-18)25(31-23)28-27-16-20-9-6-8-19-7-4-5-10-22(19)20/h4-10,12-16,23H,2-3,11,17H2,1H3/b27-16-,28-25+/t23-/m0/s1. The molecule has 0 aliphatic carbocycles. The Morgan fingerprint density at radius 1 is 1.06 bits per heavy atom. The third kappa shape index (κ3) is 5.02. The molecule has 3 aromatic carbocycles. The number of thioether (sulfide) groups is 1. The summed E-state index contributed by atoms with van der Waals surface area (Å²) in [6.07, 6.45) is 4.57. The van der Waals surface area contributed by atoms with Gasteiger partial charge in [0.25, 0.3) is 0 Å². The first-order valence-electron chi connectivity index (χ1n) is 10.5. The Bertz CT molecular complexity index is 1120. The Morgan fingerprint density at radius 2 is 1.84 bits per heavy atom. The Hall–Kier alpha value is -2.99. The van der Waals surface area contributed by atoms with E-state index in [1.54, 1.807) is 23.2 Å². The lowest BCUT2D eigenvalue weighted by Gasteiger charge is -2.16. The van der Waals surface area contributed by atoms with E-state index in [0.29, 0.717) is 11.7 Å². The van der Waals surface area contributed by atoms with Crippen LogP contribution in [-0.2, 0) is 11.3 Å². The smallest absolute Gasteiger partial charge is 0.242 e. The van der Waals surface area contributed by atoms with Crippen molar-refractivity contribution in [2.45, 2.75) is 38.0 Å². The molecule has 1 aliphatic rings. The summed E-state index contributed by atoms with van der Waals surface area (Å²) in [5.41, 5.74) is 1.83. The molecule has 6 heteroatoms. The normalized spacial score (nSPS) is 18.0. The lowest BCUT2D eigenvalue weighted by Crippen LogP contribution is -2.31. The van der Waals surface area contributed by atoms with Crippen LogP contribution in [-0.4, -0.2) is 27.4 Å². The molecule has 0 N–H and O–H groups in total. The third-order valence-electron chi connectivity index (χ3n) is 5.26. The molecule has 1 heterocycles. The van der Waals surface area contributed by atoms with E-state index in [1.165, 1.54) is 23.9 Å². The van der Waals surface area contributed by atoms with Crippen molar-refractivity contribution in [3.8, 4) is 0 Å². The van der Waals surface area contributed by atoms with E-state index in [2.05, 4.69) is 35.3 Å². The van der Waals surface area contributed by atoms with E-state index in [-0.39, 0.29) is 17.0 Å². The minimum atomic E-state index is -0.291. The van der Waals surface area contributed by atoms with Crippen LogP contribution in [0.1, 0.15) is 37.3 Å². The van der Waals surface area contributed by atoms with Gasteiger partial charge >= 0.3 is 0 Å². The summed E-state index contributed by atoms with van der Waals surface area (Å²) >= 11 is 1.47. The molecule has 0 unspecified atom stereocenters. The molecular weight excluding hydrogens is 409 g/mol. The highest BCUT2D eigenvalue weighted by molar-refractivity contribution is 8.15. The van der Waals surface area contributed by atoms with Gasteiger partial charge in [-0.05, 0) is 34.9 Å². The summed E-state index contributed by atoms with van der Waals surface area (Å²) < 4.78 is 13.3.